The number of H-pyrrole nitrogens is 1. The average molecular weight is 221 g/mol. The lowest BCUT2D eigenvalue weighted by molar-refractivity contribution is 1.18. The fourth-order valence-electron chi connectivity index (χ4n) is 0.873. The van der Waals surface area contributed by atoms with E-state index in [0.29, 0.717) is 15.2 Å². The third-order valence-corrected chi connectivity index (χ3v) is 2.92. The van der Waals surface area contributed by atoms with E-state index in [1.165, 1.54) is 11.3 Å². The Balaban J connectivity index is 3.03. The maximum atomic E-state index is 11.2. The largest absolute Gasteiger partial charge is 0.296 e. The van der Waals surface area contributed by atoms with Crippen LogP contribution in [0.1, 0.15) is 0 Å². The second-order valence-electron chi connectivity index (χ2n) is 2.12. The van der Waals surface area contributed by atoms with Gasteiger partial charge in [0.15, 0.2) is 0 Å². The minimum Gasteiger partial charge on any atom is -0.296 e. The van der Waals surface area contributed by atoms with Gasteiger partial charge >= 0.3 is 0 Å². The van der Waals surface area contributed by atoms with Gasteiger partial charge in [0, 0.05) is 5.38 Å². The van der Waals surface area contributed by atoms with E-state index in [0.717, 1.165) is 0 Å². The molecule has 0 saturated heterocycles. The lowest BCUT2D eigenvalue weighted by Gasteiger charge is -1.89. The predicted octanol–water partition coefficient (Wildman–Crippen LogP) is 2.29. The number of thiophene rings is 1. The Kier molecular flexibility index (Phi) is 1.83. The molecule has 1 N–H and O–H groups in total. The van der Waals surface area contributed by atoms with Crippen LogP contribution in [-0.4, -0.2) is 9.97 Å². The minimum absolute atomic E-state index is 0.0628. The fourth-order valence-corrected chi connectivity index (χ4v) is 2.13. The Morgan fingerprint density at radius 3 is 3.00 bits per heavy atom. The highest BCUT2D eigenvalue weighted by molar-refractivity contribution is 7.17. The normalized spacial score (nSPS) is 10.8. The van der Waals surface area contributed by atoms with E-state index < -0.39 is 0 Å². The third kappa shape index (κ3) is 1.12. The number of hydrogen-bond acceptors (Lipinski definition) is 3. The van der Waals surface area contributed by atoms with Gasteiger partial charge < -0.3 is 0 Å². The summed E-state index contributed by atoms with van der Waals surface area (Å²) in [7, 11) is 0. The van der Waals surface area contributed by atoms with Crippen LogP contribution in [0.25, 0.3) is 10.2 Å². The summed E-state index contributed by atoms with van der Waals surface area (Å²) in [5, 5.41) is 2.18. The Labute approximate surface area is 81.0 Å². The maximum Gasteiger partial charge on any atom is 0.269 e. The van der Waals surface area contributed by atoms with Crippen molar-refractivity contribution >= 4 is 44.8 Å². The van der Waals surface area contributed by atoms with E-state index in [1.54, 1.807) is 5.38 Å². The molecule has 0 aliphatic rings. The molecule has 62 valence electrons. The highest BCUT2D eigenvalue weighted by atomic mass is 35.5. The molecule has 12 heavy (non-hydrogen) atoms. The van der Waals surface area contributed by atoms with Crippen LogP contribution < -0.4 is 5.56 Å². The zero-order valence-electron chi connectivity index (χ0n) is 5.60. The van der Waals surface area contributed by atoms with Gasteiger partial charge in [-0.1, -0.05) is 11.6 Å². The van der Waals surface area contributed by atoms with Gasteiger partial charge in [0.1, 0.15) is 10.2 Å². The van der Waals surface area contributed by atoms with Crippen LogP contribution in [0.3, 0.4) is 0 Å². The summed E-state index contributed by atoms with van der Waals surface area (Å²) in [6, 6.07) is 0. The summed E-state index contributed by atoms with van der Waals surface area (Å²) >= 11 is 12.5. The van der Waals surface area contributed by atoms with E-state index in [-0.39, 0.29) is 10.8 Å². The van der Waals surface area contributed by atoms with Crippen LogP contribution in [0.2, 0.25) is 10.3 Å². The quantitative estimate of drug-likeness (QED) is 0.693. The molecular weight excluding hydrogens is 219 g/mol. The third-order valence-electron chi connectivity index (χ3n) is 1.35. The lowest BCUT2D eigenvalue weighted by atomic mass is 10.5. The smallest absolute Gasteiger partial charge is 0.269 e. The number of nitrogens with one attached hydrogen (secondary N) is 1. The van der Waals surface area contributed by atoms with Gasteiger partial charge in [-0.25, -0.2) is 4.98 Å². The number of nitrogens with zero attached hydrogens (tertiary/aromatic N) is 1. The van der Waals surface area contributed by atoms with E-state index in [9.17, 15) is 4.79 Å². The fraction of sp³-hybridized carbons (Fsp3) is 0. The molecule has 0 radical (unpaired) electrons. The van der Waals surface area contributed by atoms with Crippen molar-refractivity contribution < 1.29 is 0 Å². The van der Waals surface area contributed by atoms with Crippen LogP contribution in [0, 0.1) is 0 Å². The van der Waals surface area contributed by atoms with Crippen LogP contribution in [0.4, 0.5) is 0 Å². The summed E-state index contributed by atoms with van der Waals surface area (Å²) in [6.45, 7) is 0. The standard InChI is InChI=1S/C6H2Cl2N2OS/c7-2-1-12-4-3(2)9-6(8)10-5(4)11/h1H,(H,9,10,11). The zero-order chi connectivity index (χ0) is 8.72. The first-order chi connectivity index (χ1) is 5.68. The van der Waals surface area contributed by atoms with Gasteiger partial charge in [0.2, 0.25) is 5.28 Å². The Morgan fingerprint density at radius 1 is 1.50 bits per heavy atom. The number of halogens is 2. The Morgan fingerprint density at radius 2 is 2.25 bits per heavy atom. The minimum atomic E-state index is -0.248. The van der Waals surface area contributed by atoms with Gasteiger partial charge in [0.05, 0.1) is 5.02 Å². The Hall–Kier alpha value is -0.580. The summed E-state index contributed by atoms with van der Waals surface area (Å²) in [4.78, 5) is 17.4. The van der Waals surface area contributed by atoms with Crippen molar-refractivity contribution in [2.75, 3.05) is 0 Å². The van der Waals surface area contributed by atoms with Crippen molar-refractivity contribution in [1.29, 1.82) is 0 Å². The second kappa shape index (κ2) is 2.73. The molecule has 0 aliphatic carbocycles. The van der Waals surface area contributed by atoms with Gasteiger partial charge in [0.25, 0.3) is 5.56 Å². The molecule has 2 aromatic rings. The second-order valence-corrected chi connectivity index (χ2v) is 3.76. The highest BCUT2D eigenvalue weighted by Crippen LogP contribution is 2.25. The van der Waals surface area contributed by atoms with E-state index in [1.807, 2.05) is 0 Å². The first kappa shape index (κ1) is 8.04. The molecule has 0 fully saturated rings. The number of rotatable bonds is 0. The van der Waals surface area contributed by atoms with Crippen molar-refractivity contribution in [1.82, 2.24) is 9.97 Å². The molecule has 2 heterocycles. The molecule has 0 amide bonds. The summed E-state index contributed by atoms with van der Waals surface area (Å²) in [5.74, 6) is 0. The monoisotopic (exact) mass is 220 g/mol. The molecule has 0 aliphatic heterocycles. The first-order valence-electron chi connectivity index (χ1n) is 3.01. The first-order valence-corrected chi connectivity index (χ1v) is 4.64. The molecule has 2 rings (SSSR count). The van der Waals surface area contributed by atoms with Gasteiger partial charge in [-0.15, -0.1) is 11.3 Å². The predicted molar refractivity (Wildman–Crippen MR) is 50.3 cm³/mol. The topological polar surface area (TPSA) is 45.8 Å². The molecule has 0 saturated carbocycles. The van der Waals surface area contributed by atoms with E-state index in [2.05, 4.69) is 9.97 Å². The van der Waals surface area contributed by atoms with Crippen molar-refractivity contribution in [3.63, 3.8) is 0 Å². The highest BCUT2D eigenvalue weighted by Gasteiger charge is 2.07. The van der Waals surface area contributed by atoms with Crippen molar-refractivity contribution in [3.8, 4) is 0 Å². The van der Waals surface area contributed by atoms with Crippen LogP contribution in [0.15, 0.2) is 10.2 Å². The number of hydrogen-bond donors (Lipinski definition) is 1. The SMILES string of the molecule is O=c1[nH]c(Cl)nc2c(Cl)csc12. The van der Waals surface area contributed by atoms with Crippen molar-refractivity contribution in [2.45, 2.75) is 0 Å². The van der Waals surface area contributed by atoms with E-state index >= 15 is 0 Å². The van der Waals surface area contributed by atoms with Gasteiger partial charge in [-0.3, -0.25) is 9.78 Å². The van der Waals surface area contributed by atoms with Crippen LogP contribution in [0.5, 0.6) is 0 Å². The number of aromatic nitrogens is 2. The zero-order valence-corrected chi connectivity index (χ0v) is 7.93. The van der Waals surface area contributed by atoms with Crippen molar-refractivity contribution in [3.05, 3.63) is 26.0 Å². The molecule has 3 nitrogen and oxygen atoms in total. The molecule has 0 unspecified atom stereocenters. The molecular formula is C6H2Cl2N2OS. The van der Waals surface area contributed by atoms with Crippen LogP contribution in [-0.2, 0) is 0 Å². The molecule has 2 aromatic heterocycles. The molecule has 0 bridgehead atoms. The molecule has 0 spiro atoms. The van der Waals surface area contributed by atoms with E-state index in [4.69, 9.17) is 23.2 Å². The number of fused-ring (bicyclic) bond motifs is 1. The van der Waals surface area contributed by atoms with Crippen LogP contribution >= 0.6 is 34.5 Å². The summed E-state index contributed by atoms with van der Waals surface area (Å²) < 4.78 is 0.504. The molecule has 0 aromatic carbocycles. The van der Waals surface area contributed by atoms with Gasteiger partial charge in [-0.2, -0.15) is 0 Å². The summed E-state index contributed by atoms with van der Waals surface area (Å²) in [6.07, 6.45) is 0. The lowest BCUT2D eigenvalue weighted by Crippen LogP contribution is -2.05. The Bertz CT molecular complexity index is 490. The summed E-state index contributed by atoms with van der Waals surface area (Å²) in [5.41, 5.74) is 0.220. The van der Waals surface area contributed by atoms with Crippen molar-refractivity contribution in [2.24, 2.45) is 0 Å². The number of aromatic amines is 1. The molecule has 6 heteroatoms. The molecule has 0 atom stereocenters. The maximum absolute atomic E-state index is 11.2. The van der Waals surface area contributed by atoms with Gasteiger partial charge in [-0.05, 0) is 11.6 Å². The average Bonchev–Trinajstić information content (AvgIpc) is 2.33.